The summed E-state index contributed by atoms with van der Waals surface area (Å²) in [6.07, 6.45) is 23.5. The molecule has 0 bridgehead atoms. The fraction of sp³-hybridized carbons (Fsp3) is 1.00. The number of unbranched alkanes of at least 4 members (excludes halogenated alkanes) is 1. The van der Waals surface area contributed by atoms with E-state index in [0.717, 1.165) is 71.0 Å². The van der Waals surface area contributed by atoms with Gasteiger partial charge in [0.2, 0.25) is 0 Å². The van der Waals surface area contributed by atoms with Crippen LogP contribution in [0.3, 0.4) is 0 Å². The van der Waals surface area contributed by atoms with Crippen molar-refractivity contribution >= 4 is 0 Å². The average molecular weight is 756 g/mol. The van der Waals surface area contributed by atoms with Crippen molar-refractivity contribution in [2.75, 3.05) is 0 Å². The van der Waals surface area contributed by atoms with E-state index in [1.165, 1.54) is 109 Å². The molecule has 0 spiro atoms. The molecule has 0 aromatic rings. The first kappa shape index (κ1) is 64.9. The van der Waals surface area contributed by atoms with Crippen LogP contribution in [0.5, 0.6) is 0 Å². The molecule has 0 heteroatoms. The second-order valence-electron chi connectivity index (χ2n) is 20.0. The first-order valence-corrected chi connectivity index (χ1v) is 24.6. The van der Waals surface area contributed by atoms with Gasteiger partial charge in [-0.3, -0.25) is 0 Å². The van der Waals surface area contributed by atoms with E-state index < -0.39 is 0 Å². The van der Waals surface area contributed by atoms with Gasteiger partial charge in [-0.2, -0.15) is 0 Å². The minimum absolute atomic E-state index is 0.866. The smallest absolute Gasteiger partial charge is 0.0414 e. The monoisotopic (exact) mass is 755 g/mol. The van der Waals surface area contributed by atoms with Crippen molar-refractivity contribution in [2.45, 2.75) is 275 Å². The molecule has 0 saturated carbocycles. The van der Waals surface area contributed by atoms with Gasteiger partial charge in [0.25, 0.3) is 0 Å². The van der Waals surface area contributed by atoms with Gasteiger partial charge < -0.3 is 0 Å². The molecule has 0 heterocycles. The Morgan fingerprint density at radius 2 is 0.528 bits per heavy atom. The maximum absolute atomic E-state index is 2.33. The lowest BCUT2D eigenvalue weighted by molar-refractivity contribution is 0.366. The second-order valence-corrected chi connectivity index (χ2v) is 20.0. The summed E-state index contributed by atoms with van der Waals surface area (Å²) in [7, 11) is 0. The Hall–Kier alpha value is 0. The highest BCUT2D eigenvalue weighted by Gasteiger charge is 2.08. The molecular weight excluding hydrogens is 637 g/mol. The Kier molecular flexibility index (Phi) is 58.9. The summed E-state index contributed by atoms with van der Waals surface area (Å²) >= 11 is 0. The topological polar surface area (TPSA) is 0 Å². The van der Waals surface area contributed by atoms with Crippen LogP contribution >= 0.6 is 0 Å². The van der Waals surface area contributed by atoms with Crippen molar-refractivity contribution in [3.63, 3.8) is 0 Å². The van der Waals surface area contributed by atoms with Gasteiger partial charge >= 0.3 is 0 Å². The summed E-state index contributed by atoms with van der Waals surface area (Å²) in [5.41, 5.74) is 0. The minimum atomic E-state index is 0.866. The van der Waals surface area contributed by atoms with Crippen molar-refractivity contribution < 1.29 is 0 Å². The number of rotatable bonds is 23. The molecule has 0 radical (unpaired) electrons. The van der Waals surface area contributed by atoms with E-state index in [1.54, 1.807) is 0 Å². The van der Waals surface area contributed by atoms with E-state index in [4.69, 9.17) is 0 Å². The Labute approximate surface area is 345 Å². The highest BCUT2D eigenvalue weighted by molar-refractivity contribution is 4.61. The van der Waals surface area contributed by atoms with Crippen LogP contribution in [0.4, 0.5) is 0 Å². The van der Waals surface area contributed by atoms with Crippen LogP contribution in [-0.4, -0.2) is 0 Å². The summed E-state index contributed by atoms with van der Waals surface area (Å²) in [6, 6.07) is 0. The van der Waals surface area contributed by atoms with Crippen LogP contribution in [0.15, 0.2) is 0 Å². The Balaban J connectivity index is -0.000000126. The van der Waals surface area contributed by atoms with Gasteiger partial charge in [0.1, 0.15) is 0 Å². The predicted molar refractivity (Wildman–Crippen MR) is 257 cm³/mol. The number of hydrogen-bond acceptors (Lipinski definition) is 0. The van der Waals surface area contributed by atoms with Gasteiger partial charge in [0, 0.05) is 0 Å². The molecule has 0 aromatic heterocycles. The zero-order valence-corrected chi connectivity index (χ0v) is 42.9. The van der Waals surface area contributed by atoms with E-state index in [2.05, 4.69) is 166 Å². The van der Waals surface area contributed by atoms with Crippen LogP contribution in [0.2, 0.25) is 0 Å². The number of hydrogen-bond donors (Lipinski definition) is 0. The van der Waals surface area contributed by atoms with Crippen LogP contribution in [0.1, 0.15) is 275 Å². The van der Waals surface area contributed by atoms with Gasteiger partial charge in [0.15, 0.2) is 0 Å². The molecule has 0 nitrogen and oxygen atoms in total. The molecule has 0 N–H and O–H groups in total. The van der Waals surface area contributed by atoms with E-state index in [-0.39, 0.29) is 0 Å². The third kappa shape index (κ3) is 64.2. The summed E-state index contributed by atoms with van der Waals surface area (Å²) < 4.78 is 0. The fourth-order valence-corrected chi connectivity index (χ4v) is 7.20. The van der Waals surface area contributed by atoms with Gasteiger partial charge in [-0.1, -0.05) is 243 Å². The van der Waals surface area contributed by atoms with Crippen molar-refractivity contribution in [2.24, 2.45) is 71.0 Å². The highest BCUT2D eigenvalue weighted by atomic mass is 14.1. The zero-order chi connectivity index (χ0) is 42.9. The SMILES string of the molecule is CC(C)CC(C)C.CCC(C)C(C)C.CCC(CC)CC(C)C.CCC(CC)CC(C)C.CCCC(CC)CC(C)C.CCCCC(CC)CC(C)C. The largest absolute Gasteiger partial charge is 0.0654 e. The third-order valence-corrected chi connectivity index (χ3v) is 11.1. The lowest BCUT2D eigenvalue weighted by atomic mass is 9.90. The minimum Gasteiger partial charge on any atom is -0.0654 e. The Bertz CT molecular complexity index is 561. The highest BCUT2D eigenvalue weighted by Crippen LogP contribution is 2.22. The average Bonchev–Trinajstić information content (AvgIpc) is 3.07. The first-order chi connectivity index (χ1) is 24.6. The molecule has 53 heavy (non-hydrogen) atoms. The molecule has 0 aliphatic heterocycles. The Morgan fingerprint density at radius 3 is 0.660 bits per heavy atom. The lowest BCUT2D eigenvalue weighted by Crippen LogP contribution is -2.02. The van der Waals surface area contributed by atoms with Gasteiger partial charge in [-0.15, -0.1) is 0 Å². The predicted octanol–water partition coefficient (Wildman–Crippen LogP) is 20.4. The summed E-state index contributed by atoms with van der Waals surface area (Å²) in [6.45, 7) is 55.0. The van der Waals surface area contributed by atoms with Crippen LogP contribution in [0, 0.1) is 71.0 Å². The van der Waals surface area contributed by atoms with E-state index in [0.29, 0.717) is 0 Å². The normalized spacial score (nSPS) is 12.8. The molecule has 0 amide bonds. The van der Waals surface area contributed by atoms with Crippen molar-refractivity contribution in [1.82, 2.24) is 0 Å². The zero-order valence-electron chi connectivity index (χ0n) is 42.9. The van der Waals surface area contributed by atoms with Crippen LogP contribution in [-0.2, 0) is 0 Å². The van der Waals surface area contributed by atoms with E-state index >= 15 is 0 Å². The van der Waals surface area contributed by atoms with Crippen LogP contribution < -0.4 is 0 Å². The van der Waals surface area contributed by atoms with Gasteiger partial charge in [-0.05, 0) is 103 Å². The van der Waals surface area contributed by atoms with E-state index in [9.17, 15) is 0 Å². The fourth-order valence-electron chi connectivity index (χ4n) is 7.20. The molecule has 330 valence electrons. The molecule has 3 unspecified atom stereocenters. The molecule has 3 atom stereocenters. The van der Waals surface area contributed by atoms with Crippen molar-refractivity contribution in [3.05, 3.63) is 0 Å². The lowest BCUT2D eigenvalue weighted by Gasteiger charge is -2.16. The molecule has 0 aliphatic rings. The van der Waals surface area contributed by atoms with Gasteiger partial charge in [0.05, 0.1) is 0 Å². The maximum Gasteiger partial charge on any atom is -0.0414 e. The van der Waals surface area contributed by atoms with Crippen LogP contribution in [0.25, 0.3) is 0 Å². The quantitative estimate of drug-likeness (QED) is 0.0974. The molecule has 0 aliphatic carbocycles. The standard InChI is InChI=1S/C11H24.C10H22.2C9H20.2C7H16/c1-5-7-8-11(6-2)9-10(3)4;1-5-7-10(6-2)8-9(3)4;2*1-5-9(6-2)7-8(3)4;1-6(2)5-7(3)4;1-5-7(4)6(2)3/h10-11H,5-9H2,1-4H3;9-10H,5-8H2,1-4H3;2*8-9H,5-7H2,1-4H3;2*6-7H,5H2,1-4H3. The molecule has 0 aromatic carbocycles. The second kappa shape index (κ2) is 48.1. The van der Waals surface area contributed by atoms with Gasteiger partial charge in [-0.25, -0.2) is 0 Å². The van der Waals surface area contributed by atoms with Crippen molar-refractivity contribution in [1.29, 1.82) is 0 Å². The summed E-state index contributed by atoms with van der Waals surface area (Å²) in [4.78, 5) is 0. The Morgan fingerprint density at radius 1 is 0.264 bits per heavy atom. The van der Waals surface area contributed by atoms with Crippen molar-refractivity contribution in [3.8, 4) is 0 Å². The molecule has 0 rings (SSSR count). The summed E-state index contributed by atoms with van der Waals surface area (Å²) in [5.74, 6) is 11.0. The molecular formula is C53H118. The summed E-state index contributed by atoms with van der Waals surface area (Å²) in [5, 5.41) is 0. The van der Waals surface area contributed by atoms with E-state index in [1.807, 2.05) is 0 Å². The molecule has 0 saturated heterocycles. The first-order valence-electron chi connectivity index (χ1n) is 24.6. The third-order valence-electron chi connectivity index (χ3n) is 11.1. The molecule has 0 fully saturated rings. The maximum atomic E-state index is 2.33.